The minimum Gasteiger partial charge on any atom is -0.378 e. The van der Waals surface area contributed by atoms with Crippen molar-refractivity contribution in [3.05, 3.63) is 33.3 Å². The Kier molecular flexibility index (Phi) is 5.16. The third-order valence-electron chi connectivity index (χ3n) is 3.97. The zero-order valence-electron chi connectivity index (χ0n) is 11.5. The molecule has 0 aromatic heterocycles. The molecule has 1 N–H and O–H groups in total. The Morgan fingerprint density at radius 1 is 1.40 bits per heavy atom. The van der Waals surface area contributed by atoms with Gasteiger partial charge in [-0.1, -0.05) is 36.9 Å². The van der Waals surface area contributed by atoms with E-state index in [0.29, 0.717) is 5.69 Å². The summed E-state index contributed by atoms with van der Waals surface area (Å²) in [6.45, 7) is 0.745. The summed E-state index contributed by atoms with van der Waals surface area (Å²) in [5, 5.41) is 14.6. The highest BCUT2D eigenvalue weighted by molar-refractivity contribution is 8.00. The number of benzene rings is 1. The minimum absolute atomic E-state index is 0.0266. The van der Waals surface area contributed by atoms with Crippen LogP contribution < -0.4 is 5.32 Å². The summed E-state index contributed by atoms with van der Waals surface area (Å²) < 4.78 is 0.189. The lowest BCUT2D eigenvalue weighted by atomic mass is 9.88. The van der Waals surface area contributed by atoms with Crippen LogP contribution in [0.5, 0.6) is 0 Å². The quantitative estimate of drug-likeness (QED) is 0.630. The van der Waals surface area contributed by atoms with E-state index < -0.39 is 4.92 Å². The predicted octanol–water partition coefficient (Wildman–Crippen LogP) is 4.73. The molecule has 2 rings (SSSR count). The lowest BCUT2D eigenvalue weighted by molar-refractivity contribution is -0.383. The van der Waals surface area contributed by atoms with Crippen LogP contribution in [0.2, 0.25) is 5.02 Å². The number of thioether (sulfide) groups is 1. The molecule has 1 aliphatic carbocycles. The van der Waals surface area contributed by atoms with Gasteiger partial charge in [0.05, 0.1) is 4.92 Å². The van der Waals surface area contributed by atoms with Crippen molar-refractivity contribution in [2.75, 3.05) is 18.1 Å². The largest absolute Gasteiger partial charge is 0.378 e. The normalized spacial score (nSPS) is 17.7. The van der Waals surface area contributed by atoms with Crippen LogP contribution in [-0.4, -0.2) is 22.5 Å². The molecule has 0 aliphatic heterocycles. The van der Waals surface area contributed by atoms with Crippen molar-refractivity contribution in [1.82, 2.24) is 0 Å². The fourth-order valence-electron chi connectivity index (χ4n) is 2.75. The smallest absolute Gasteiger partial charge is 0.310 e. The fraction of sp³-hybridized carbons (Fsp3) is 0.571. The number of nitrogens with one attached hydrogen (secondary N) is 1. The molecule has 20 heavy (non-hydrogen) atoms. The van der Waals surface area contributed by atoms with Crippen molar-refractivity contribution < 1.29 is 4.92 Å². The van der Waals surface area contributed by atoms with E-state index >= 15 is 0 Å². The monoisotopic (exact) mass is 314 g/mol. The number of nitrogens with zero attached hydrogens (tertiary/aromatic N) is 1. The first kappa shape index (κ1) is 15.4. The van der Waals surface area contributed by atoms with E-state index in [1.54, 1.807) is 18.2 Å². The predicted molar refractivity (Wildman–Crippen MR) is 85.9 cm³/mol. The van der Waals surface area contributed by atoms with E-state index in [2.05, 4.69) is 11.6 Å². The molecule has 110 valence electrons. The molecular formula is C14H19ClN2O2S. The van der Waals surface area contributed by atoms with Gasteiger partial charge in [-0.15, -0.1) is 0 Å². The van der Waals surface area contributed by atoms with Crippen LogP contribution in [-0.2, 0) is 0 Å². The Hall–Kier alpha value is -0.940. The maximum atomic E-state index is 11.1. The average molecular weight is 315 g/mol. The van der Waals surface area contributed by atoms with E-state index in [1.807, 2.05) is 11.8 Å². The lowest BCUT2D eigenvalue weighted by Crippen LogP contribution is -2.35. The highest BCUT2D eigenvalue weighted by Crippen LogP contribution is 2.40. The molecule has 0 saturated heterocycles. The Labute approximate surface area is 128 Å². The second-order valence-corrected chi connectivity index (χ2v) is 6.88. The van der Waals surface area contributed by atoms with Gasteiger partial charge in [0, 0.05) is 11.3 Å². The molecule has 0 unspecified atom stereocenters. The molecule has 0 bridgehead atoms. The van der Waals surface area contributed by atoms with E-state index in [1.165, 1.54) is 19.3 Å². The van der Waals surface area contributed by atoms with Crippen molar-refractivity contribution in [3.63, 3.8) is 0 Å². The highest BCUT2D eigenvalue weighted by atomic mass is 35.5. The van der Waals surface area contributed by atoms with Gasteiger partial charge in [-0.3, -0.25) is 10.1 Å². The van der Waals surface area contributed by atoms with E-state index in [-0.39, 0.29) is 15.5 Å². The molecule has 1 aliphatic rings. The van der Waals surface area contributed by atoms with Crippen LogP contribution in [0.15, 0.2) is 18.2 Å². The Morgan fingerprint density at radius 3 is 2.70 bits per heavy atom. The molecule has 4 nitrogen and oxygen atoms in total. The van der Waals surface area contributed by atoms with Crippen LogP contribution in [0.4, 0.5) is 11.4 Å². The number of para-hydroxylation sites is 1. The average Bonchev–Trinajstić information content (AvgIpc) is 2.45. The number of hydrogen-bond donors (Lipinski definition) is 1. The second-order valence-electron chi connectivity index (χ2n) is 5.19. The molecule has 1 saturated carbocycles. The number of halogens is 1. The van der Waals surface area contributed by atoms with E-state index in [0.717, 1.165) is 19.4 Å². The van der Waals surface area contributed by atoms with Crippen LogP contribution in [0, 0.1) is 10.1 Å². The minimum atomic E-state index is -0.419. The SMILES string of the molecule is CSC1(CNc2cccc(Cl)c2[N+](=O)[O-])CCCCC1. The summed E-state index contributed by atoms with van der Waals surface area (Å²) in [6.07, 6.45) is 8.21. The summed E-state index contributed by atoms with van der Waals surface area (Å²) >= 11 is 7.79. The van der Waals surface area contributed by atoms with E-state index in [4.69, 9.17) is 11.6 Å². The van der Waals surface area contributed by atoms with Gasteiger partial charge < -0.3 is 5.32 Å². The van der Waals surface area contributed by atoms with Gasteiger partial charge >= 0.3 is 5.69 Å². The molecule has 1 fully saturated rings. The highest BCUT2D eigenvalue weighted by Gasteiger charge is 2.31. The van der Waals surface area contributed by atoms with Crippen molar-refractivity contribution in [2.45, 2.75) is 36.9 Å². The zero-order valence-corrected chi connectivity index (χ0v) is 13.1. The Balaban J connectivity index is 2.14. The lowest BCUT2D eigenvalue weighted by Gasteiger charge is -2.36. The maximum Gasteiger partial charge on any atom is 0.310 e. The van der Waals surface area contributed by atoms with Crippen molar-refractivity contribution in [1.29, 1.82) is 0 Å². The van der Waals surface area contributed by atoms with Gasteiger partial charge in [-0.25, -0.2) is 0 Å². The zero-order chi connectivity index (χ0) is 14.6. The Bertz CT molecular complexity index is 490. The van der Waals surface area contributed by atoms with Gasteiger partial charge in [-0.05, 0) is 31.2 Å². The van der Waals surface area contributed by atoms with Crippen molar-refractivity contribution >= 4 is 34.7 Å². The third kappa shape index (κ3) is 3.38. The summed E-state index contributed by atoms with van der Waals surface area (Å²) in [5.74, 6) is 0. The molecule has 0 atom stereocenters. The second kappa shape index (κ2) is 6.68. The molecule has 0 spiro atoms. The standard InChI is InChI=1S/C14H19ClN2O2S/c1-20-14(8-3-2-4-9-14)10-16-12-7-5-6-11(15)13(12)17(18)19/h5-7,16H,2-4,8-10H2,1H3. The number of rotatable bonds is 5. The summed E-state index contributed by atoms with van der Waals surface area (Å²) in [7, 11) is 0. The van der Waals surface area contributed by atoms with Gasteiger partial charge in [0.25, 0.3) is 0 Å². The van der Waals surface area contributed by atoms with Gasteiger partial charge in [0.2, 0.25) is 0 Å². The molecule has 0 radical (unpaired) electrons. The van der Waals surface area contributed by atoms with Gasteiger partial charge in [0.1, 0.15) is 10.7 Å². The van der Waals surface area contributed by atoms with Crippen molar-refractivity contribution in [3.8, 4) is 0 Å². The van der Waals surface area contributed by atoms with Crippen molar-refractivity contribution in [2.24, 2.45) is 0 Å². The fourth-order valence-corrected chi connectivity index (χ4v) is 3.91. The Morgan fingerprint density at radius 2 is 2.10 bits per heavy atom. The third-order valence-corrected chi connectivity index (χ3v) is 5.69. The maximum absolute atomic E-state index is 11.1. The number of nitro groups is 1. The van der Waals surface area contributed by atoms with Crippen LogP contribution in [0.25, 0.3) is 0 Å². The molecule has 1 aromatic carbocycles. The molecule has 0 amide bonds. The molecule has 6 heteroatoms. The first-order valence-electron chi connectivity index (χ1n) is 6.80. The van der Waals surface area contributed by atoms with Gasteiger partial charge in [0.15, 0.2) is 0 Å². The first-order chi connectivity index (χ1) is 9.58. The summed E-state index contributed by atoms with van der Waals surface area (Å²) in [4.78, 5) is 10.7. The number of nitro benzene ring substituents is 1. The topological polar surface area (TPSA) is 55.2 Å². The molecule has 1 aromatic rings. The molecule has 0 heterocycles. The summed E-state index contributed by atoms with van der Waals surface area (Å²) in [6, 6.07) is 5.01. The first-order valence-corrected chi connectivity index (χ1v) is 8.40. The summed E-state index contributed by atoms with van der Waals surface area (Å²) in [5.41, 5.74) is 0.489. The van der Waals surface area contributed by atoms with Gasteiger partial charge in [-0.2, -0.15) is 11.8 Å². The van der Waals surface area contributed by atoms with Crippen LogP contribution in [0.3, 0.4) is 0 Å². The van der Waals surface area contributed by atoms with Crippen LogP contribution in [0.1, 0.15) is 32.1 Å². The molecular weight excluding hydrogens is 296 g/mol. The number of anilines is 1. The van der Waals surface area contributed by atoms with E-state index in [9.17, 15) is 10.1 Å². The number of hydrogen-bond acceptors (Lipinski definition) is 4. The van der Waals surface area contributed by atoms with Crippen LogP contribution >= 0.6 is 23.4 Å².